The molecule has 2 heterocycles. The Morgan fingerprint density at radius 2 is 1.63 bits per heavy atom. The fourth-order valence-corrected chi connectivity index (χ4v) is 3.26. The summed E-state index contributed by atoms with van der Waals surface area (Å²) in [5.74, 6) is 0.863. The summed E-state index contributed by atoms with van der Waals surface area (Å²) in [6.45, 7) is 16.2. The molecule has 2 aliphatic heterocycles. The van der Waals surface area contributed by atoms with Gasteiger partial charge in [-0.15, -0.1) is 0 Å². The van der Waals surface area contributed by atoms with E-state index in [9.17, 15) is 0 Å². The Morgan fingerprint density at radius 1 is 1.05 bits per heavy atom. The molecule has 0 unspecified atom stereocenters. The van der Waals surface area contributed by atoms with Crippen LogP contribution in [-0.2, 0) is 0 Å². The summed E-state index contributed by atoms with van der Waals surface area (Å²) in [4.78, 5) is 7.52. The summed E-state index contributed by atoms with van der Waals surface area (Å²) >= 11 is 0. The second-order valence-corrected chi connectivity index (χ2v) is 6.63. The molecule has 2 aliphatic rings. The molecule has 0 spiro atoms. The van der Waals surface area contributed by atoms with Crippen molar-refractivity contribution in [2.75, 3.05) is 46.3 Å². The van der Waals surface area contributed by atoms with E-state index in [4.69, 9.17) is 0 Å². The van der Waals surface area contributed by atoms with E-state index in [1.807, 2.05) is 0 Å². The molecular formula is C16H31N3. The Hall–Kier alpha value is -0.540. The van der Waals surface area contributed by atoms with Crippen LogP contribution in [0.25, 0.3) is 0 Å². The van der Waals surface area contributed by atoms with Crippen LogP contribution >= 0.6 is 0 Å². The Labute approximate surface area is 119 Å². The first-order valence-corrected chi connectivity index (χ1v) is 7.91. The van der Waals surface area contributed by atoms with Crippen molar-refractivity contribution in [3.05, 3.63) is 12.3 Å². The number of likely N-dealkylation sites (tertiary alicyclic amines) is 1. The molecule has 2 fully saturated rings. The second-order valence-electron chi connectivity index (χ2n) is 6.63. The molecule has 0 amide bonds. The van der Waals surface area contributed by atoms with E-state index in [1.165, 1.54) is 64.2 Å². The zero-order valence-electron chi connectivity index (χ0n) is 13.1. The van der Waals surface area contributed by atoms with Gasteiger partial charge in [-0.3, -0.25) is 0 Å². The van der Waals surface area contributed by atoms with Crippen molar-refractivity contribution in [2.24, 2.45) is 5.92 Å². The zero-order chi connectivity index (χ0) is 13.8. The molecule has 0 aromatic carbocycles. The van der Waals surface area contributed by atoms with Crippen LogP contribution in [0.5, 0.6) is 0 Å². The average Bonchev–Trinajstić information content (AvgIpc) is 2.40. The third-order valence-electron chi connectivity index (χ3n) is 4.85. The molecule has 0 saturated carbocycles. The zero-order valence-corrected chi connectivity index (χ0v) is 13.1. The Balaban J connectivity index is 1.72. The lowest BCUT2D eigenvalue weighted by Crippen LogP contribution is -2.44. The fraction of sp³-hybridized carbons (Fsp3) is 0.875. The number of nitrogens with zero attached hydrogens (tertiary/aromatic N) is 3. The van der Waals surface area contributed by atoms with Crippen LogP contribution in [0.2, 0.25) is 0 Å². The summed E-state index contributed by atoms with van der Waals surface area (Å²) < 4.78 is 0. The van der Waals surface area contributed by atoms with Gasteiger partial charge in [-0.1, -0.05) is 6.58 Å². The number of rotatable bonds is 4. The lowest BCUT2D eigenvalue weighted by atomic mass is 9.91. The van der Waals surface area contributed by atoms with Crippen molar-refractivity contribution in [3.63, 3.8) is 0 Å². The minimum Gasteiger partial charge on any atom is -0.373 e. The van der Waals surface area contributed by atoms with Crippen LogP contribution in [-0.4, -0.2) is 67.1 Å². The van der Waals surface area contributed by atoms with E-state index in [1.54, 1.807) is 0 Å². The molecule has 110 valence electrons. The van der Waals surface area contributed by atoms with Gasteiger partial charge in [-0.05, 0) is 59.2 Å². The molecule has 0 aromatic heterocycles. The smallest absolute Gasteiger partial charge is 0.0303 e. The average molecular weight is 265 g/mol. The van der Waals surface area contributed by atoms with Crippen LogP contribution in [0.4, 0.5) is 0 Å². The SMILES string of the molecule is C=C(CC1CCN(C(C)C)CC1)N1CCN(C)CC1. The van der Waals surface area contributed by atoms with Gasteiger partial charge in [0.15, 0.2) is 0 Å². The van der Waals surface area contributed by atoms with E-state index < -0.39 is 0 Å². The van der Waals surface area contributed by atoms with E-state index in [0.29, 0.717) is 6.04 Å². The van der Waals surface area contributed by atoms with Crippen molar-refractivity contribution in [1.82, 2.24) is 14.7 Å². The first-order valence-electron chi connectivity index (χ1n) is 7.91. The van der Waals surface area contributed by atoms with Crippen molar-refractivity contribution >= 4 is 0 Å². The van der Waals surface area contributed by atoms with Gasteiger partial charge in [-0.2, -0.15) is 0 Å². The van der Waals surface area contributed by atoms with Gasteiger partial charge < -0.3 is 14.7 Å². The quantitative estimate of drug-likeness (QED) is 0.772. The lowest BCUT2D eigenvalue weighted by Gasteiger charge is -2.38. The van der Waals surface area contributed by atoms with E-state index >= 15 is 0 Å². The maximum atomic E-state index is 4.35. The first kappa shape index (κ1) is 14.9. The second kappa shape index (κ2) is 6.76. The highest BCUT2D eigenvalue weighted by molar-refractivity contribution is 4.98. The van der Waals surface area contributed by atoms with Crippen LogP contribution in [0.3, 0.4) is 0 Å². The minimum absolute atomic E-state index is 0.710. The number of piperidine rings is 1. The molecule has 0 bridgehead atoms. The van der Waals surface area contributed by atoms with Crippen LogP contribution < -0.4 is 0 Å². The van der Waals surface area contributed by atoms with Crippen molar-refractivity contribution in [3.8, 4) is 0 Å². The Kier molecular flexibility index (Phi) is 5.28. The topological polar surface area (TPSA) is 9.72 Å². The van der Waals surface area contributed by atoms with Gasteiger partial charge in [0, 0.05) is 37.9 Å². The number of likely N-dealkylation sites (N-methyl/N-ethyl adjacent to an activating group) is 1. The predicted octanol–water partition coefficient (Wildman–Crippen LogP) is 2.26. The number of allylic oxidation sites excluding steroid dienone is 1. The molecule has 2 saturated heterocycles. The van der Waals surface area contributed by atoms with E-state index in [-0.39, 0.29) is 0 Å². The maximum absolute atomic E-state index is 4.35. The van der Waals surface area contributed by atoms with Crippen LogP contribution in [0.1, 0.15) is 33.1 Å². The predicted molar refractivity (Wildman–Crippen MR) is 82.3 cm³/mol. The van der Waals surface area contributed by atoms with Gasteiger partial charge in [0.25, 0.3) is 0 Å². The summed E-state index contributed by atoms with van der Waals surface area (Å²) in [6, 6.07) is 0.710. The van der Waals surface area contributed by atoms with Crippen LogP contribution in [0.15, 0.2) is 12.3 Å². The summed E-state index contributed by atoms with van der Waals surface area (Å²) in [5.41, 5.74) is 1.39. The number of hydrogen-bond acceptors (Lipinski definition) is 3. The third kappa shape index (κ3) is 4.22. The molecule has 0 N–H and O–H groups in total. The van der Waals surface area contributed by atoms with Gasteiger partial charge in [0.05, 0.1) is 0 Å². The molecule has 3 heteroatoms. The molecule has 3 nitrogen and oxygen atoms in total. The molecule has 0 aromatic rings. The molecule has 0 radical (unpaired) electrons. The third-order valence-corrected chi connectivity index (χ3v) is 4.85. The van der Waals surface area contributed by atoms with Gasteiger partial charge in [-0.25, -0.2) is 0 Å². The van der Waals surface area contributed by atoms with Gasteiger partial charge >= 0.3 is 0 Å². The highest BCUT2D eigenvalue weighted by atomic mass is 15.2. The molecule has 0 atom stereocenters. The van der Waals surface area contributed by atoms with E-state index in [2.05, 4.69) is 42.2 Å². The summed E-state index contributed by atoms with van der Waals surface area (Å²) in [6.07, 6.45) is 3.92. The van der Waals surface area contributed by atoms with Crippen molar-refractivity contribution in [2.45, 2.75) is 39.2 Å². The molecular weight excluding hydrogens is 234 g/mol. The highest BCUT2D eigenvalue weighted by Gasteiger charge is 2.23. The fourth-order valence-electron chi connectivity index (χ4n) is 3.26. The van der Waals surface area contributed by atoms with Crippen molar-refractivity contribution in [1.29, 1.82) is 0 Å². The summed E-state index contributed by atoms with van der Waals surface area (Å²) in [5, 5.41) is 0. The summed E-state index contributed by atoms with van der Waals surface area (Å²) in [7, 11) is 2.21. The highest BCUT2D eigenvalue weighted by Crippen LogP contribution is 2.26. The number of piperazine rings is 1. The van der Waals surface area contributed by atoms with Gasteiger partial charge in [0.1, 0.15) is 0 Å². The Bertz CT molecular complexity index is 284. The lowest BCUT2D eigenvalue weighted by molar-refractivity contribution is 0.137. The normalized spacial score (nSPS) is 24.1. The number of hydrogen-bond donors (Lipinski definition) is 0. The molecule has 2 rings (SSSR count). The van der Waals surface area contributed by atoms with Gasteiger partial charge in [0.2, 0.25) is 0 Å². The first-order chi connectivity index (χ1) is 9.06. The largest absolute Gasteiger partial charge is 0.373 e. The molecule has 0 aliphatic carbocycles. The minimum atomic E-state index is 0.710. The standard InChI is InChI=1S/C16H31N3/c1-14(2)18-7-5-16(6-8-18)13-15(3)19-11-9-17(4)10-12-19/h14,16H,3,5-13H2,1-2,4H3. The van der Waals surface area contributed by atoms with E-state index in [0.717, 1.165) is 5.92 Å². The van der Waals surface area contributed by atoms with Crippen molar-refractivity contribution < 1.29 is 0 Å². The monoisotopic (exact) mass is 265 g/mol. The maximum Gasteiger partial charge on any atom is 0.0303 e. The molecule has 19 heavy (non-hydrogen) atoms. The Morgan fingerprint density at radius 3 is 2.16 bits per heavy atom. The van der Waals surface area contributed by atoms with Crippen LogP contribution in [0, 0.1) is 5.92 Å².